The first-order chi connectivity index (χ1) is 26.3. The van der Waals surface area contributed by atoms with Gasteiger partial charge in [0.15, 0.2) is 0 Å². The molecule has 0 saturated carbocycles. The van der Waals surface area contributed by atoms with Gasteiger partial charge < -0.3 is 0 Å². The molecule has 4 heteroatoms. The van der Waals surface area contributed by atoms with Crippen molar-refractivity contribution in [3.05, 3.63) is 168 Å². The number of benzene rings is 4. The van der Waals surface area contributed by atoms with Gasteiger partial charge in [-0.25, -0.2) is 9.97 Å². The number of aromatic nitrogens is 4. The Morgan fingerprint density at radius 3 is 1.69 bits per heavy atom. The van der Waals surface area contributed by atoms with Gasteiger partial charge in [-0.2, -0.15) is 0 Å². The minimum Gasteiger partial charge on any atom is -0.294 e. The molecule has 0 spiro atoms. The molecule has 4 heterocycles. The molecule has 8 aromatic rings. The van der Waals surface area contributed by atoms with E-state index in [0.717, 1.165) is 57.0 Å². The number of para-hydroxylation sites is 1. The Morgan fingerprint density at radius 2 is 1.09 bits per heavy atom. The SMILES string of the molecule is CC(C)(C)c1ccc(-n2c3ccccc3c3c(CC(C)(C)c4cc(-c5ccccc5)nc(-c5ccccc5)c4)cc(-c4cc(C(C)(C)C)ccn4)cc32)nc1. The van der Waals surface area contributed by atoms with Crippen molar-refractivity contribution < 1.29 is 0 Å². The van der Waals surface area contributed by atoms with Crippen molar-refractivity contribution in [2.45, 2.75) is 78.1 Å². The number of rotatable bonds is 7. The van der Waals surface area contributed by atoms with E-state index in [9.17, 15) is 0 Å². The maximum atomic E-state index is 5.21. The van der Waals surface area contributed by atoms with E-state index >= 15 is 0 Å². The summed E-state index contributed by atoms with van der Waals surface area (Å²) in [5.74, 6) is 0.909. The summed E-state index contributed by atoms with van der Waals surface area (Å²) in [5, 5.41) is 2.47. The van der Waals surface area contributed by atoms with E-state index in [1.165, 1.54) is 33.0 Å². The summed E-state index contributed by atoms with van der Waals surface area (Å²) in [7, 11) is 0. The molecule has 4 aromatic carbocycles. The van der Waals surface area contributed by atoms with Crippen LogP contribution in [0.2, 0.25) is 0 Å². The zero-order valence-electron chi connectivity index (χ0n) is 33.4. The predicted octanol–water partition coefficient (Wildman–Crippen LogP) is 13.1. The Hall–Kier alpha value is -5.87. The number of hydrogen-bond acceptors (Lipinski definition) is 3. The third-order valence-corrected chi connectivity index (χ3v) is 11.0. The van der Waals surface area contributed by atoms with Crippen LogP contribution in [0.15, 0.2) is 146 Å². The van der Waals surface area contributed by atoms with Crippen LogP contribution in [0.25, 0.3) is 61.4 Å². The van der Waals surface area contributed by atoms with Gasteiger partial charge in [0.25, 0.3) is 0 Å². The summed E-state index contributed by atoms with van der Waals surface area (Å²) in [6.07, 6.45) is 4.79. The fraction of sp³-hybridized carbons (Fsp3) is 0.235. The third-order valence-electron chi connectivity index (χ3n) is 11.0. The monoisotopic (exact) mass is 718 g/mol. The van der Waals surface area contributed by atoms with E-state index in [4.69, 9.17) is 15.0 Å². The van der Waals surface area contributed by atoms with E-state index in [1.54, 1.807) is 0 Å². The van der Waals surface area contributed by atoms with Crippen LogP contribution >= 0.6 is 0 Å². The van der Waals surface area contributed by atoms with Gasteiger partial charge in [-0.15, -0.1) is 0 Å². The van der Waals surface area contributed by atoms with Crippen molar-refractivity contribution in [3.63, 3.8) is 0 Å². The number of pyridine rings is 3. The van der Waals surface area contributed by atoms with Gasteiger partial charge in [-0.05, 0) is 93.5 Å². The zero-order chi connectivity index (χ0) is 38.5. The summed E-state index contributed by atoms with van der Waals surface area (Å²) in [6.45, 7) is 18.2. The lowest BCUT2D eigenvalue weighted by Gasteiger charge is -2.28. The minimum absolute atomic E-state index is 0.00546. The fourth-order valence-corrected chi connectivity index (χ4v) is 7.75. The molecular weight excluding hydrogens is 669 g/mol. The molecule has 0 unspecified atom stereocenters. The molecule has 55 heavy (non-hydrogen) atoms. The van der Waals surface area contributed by atoms with Crippen molar-refractivity contribution in [1.82, 2.24) is 19.5 Å². The number of nitrogens with zero attached hydrogens (tertiary/aromatic N) is 4. The average Bonchev–Trinajstić information content (AvgIpc) is 3.52. The van der Waals surface area contributed by atoms with Gasteiger partial charge in [0.2, 0.25) is 0 Å². The van der Waals surface area contributed by atoms with Gasteiger partial charge in [-0.3, -0.25) is 9.55 Å². The van der Waals surface area contributed by atoms with Crippen LogP contribution in [-0.2, 0) is 22.7 Å². The van der Waals surface area contributed by atoms with Crippen LogP contribution in [0.1, 0.15) is 77.6 Å². The van der Waals surface area contributed by atoms with Gasteiger partial charge in [0.1, 0.15) is 5.82 Å². The summed E-state index contributed by atoms with van der Waals surface area (Å²) in [5.41, 5.74) is 13.3. The Balaban J connectivity index is 1.36. The minimum atomic E-state index is -0.266. The van der Waals surface area contributed by atoms with Crippen molar-refractivity contribution in [3.8, 4) is 39.6 Å². The molecule has 0 radical (unpaired) electrons. The van der Waals surface area contributed by atoms with Crippen molar-refractivity contribution >= 4 is 21.8 Å². The maximum absolute atomic E-state index is 5.21. The van der Waals surface area contributed by atoms with E-state index in [1.807, 2.05) is 12.4 Å². The zero-order valence-corrected chi connectivity index (χ0v) is 33.4. The highest BCUT2D eigenvalue weighted by molar-refractivity contribution is 6.12. The van der Waals surface area contributed by atoms with Gasteiger partial charge in [-0.1, -0.05) is 140 Å². The highest BCUT2D eigenvalue weighted by atomic mass is 15.1. The van der Waals surface area contributed by atoms with E-state index in [2.05, 4.69) is 193 Å². The largest absolute Gasteiger partial charge is 0.294 e. The second-order valence-corrected chi connectivity index (χ2v) is 17.6. The quantitative estimate of drug-likeness (QED) is 0.165. The first-order valence-electron chi connectivity index (χ1n) is 19.4. The summed E-state index contributed by atoms with van der Waals surface area (Å²) >= 11 is 0. The molecule has 0 bridgehead atoms. The Kier molecular flexibility index (Phi) is 9.04. The van der Waals surface area contributed by atoms with Gasteiger partial charge >= 0.3 is 0 Å². The lowest BCUT2D eigenvalue weighted by atomic mass is 9.77. The molecule has 0 saturated heterocycles. The molecule has 0 fully saturated rings. The molecule has 8 rings (SSSR count). The summed E-state index contributed by atoms with van der Waals surface area (Å²) in [4.78, 5) is 15.3. The first kappa shape index (κ1) is 36.1. The summed E-state index contributed by atoms with van der Waals surface area (Å²) in [6, 6.07) is 47.9. The third kappa shape index (κ3) is 7.10. The van der Waals surface area contributed by atoms with E-state index in [-0.39, 0.29) is 16.2 Å². The Labute approximate surface area is 326 Å². The molecule has 0 aliphatic carbocycles. The molecule has 0 amide bonds. The Morgan fingerprint density at radius 1 is 0.491 bits per heavy atom. The van der Waals surface area contributed by atoms with E-state index in [0.29, 0.717) is 0 Å². The van der Waals surface area contributed by atoms with Crippen LogP contribution in [0, 0.1) is 0 Å². The Bertz CT molecular complexity index is 2580. The molecule has 0 N–H and O–H groups in total. The molecular formula is C51H50N4. The number of hydrogen-bond donors (Lipinski definition) is 0. The highest BCUT2D eigenvalue weighted by Gasteiger charge is 2.28. The molecule has 0 aliphatic rings. The lowest BCUT2D eigenvalue weighted by molar-refractivity contribution is 0.524. The molecule has 0 atom stereocenters. The topological polar surface area (TPSA) is 43.6 Å². The van der Waals surface area contributed by atoms with Crippen molar-refractivity contribution in [2.75, 3.05) is 0 Å². The predicted molar refractivity (Wildman–Crippen MR) is 231 cm³/mol. The van der Waals surface area contributed by atoms with Gasteiger partial charge in [0, 0.05) is 39.9 Å². The standard InChI is InChI=1S/C51H50N4/c1-49(2,3)38-25-26-52-42(29-38)36-27-37(48-41-21-15-16-22-45(41)55(46(48)28-36)47-24-23-39(33-53-47)50(4,5)6)32-51(7,8)40-30-43(34-17-11-9-12-18-34)54-44(31-40)35-19-13-10-14-20-35/h9-31,33H,32H2,1-8H3. The number of fused-ring (bicyclic) bond motifs is 3. The maximum Gasteiger partial charge on any atom is 0.137 e. The summed E-state index contributed by atoms with van der Waals surface area (Å²) < 4.78 is 2.35. The first-order valence-corrected chi connectivity index (χ1v) is 19.4. The van der Waals surface area contributed by atoms with Crippen LogP contribution in [0.4, 0.5) is 0 Å². The average molecular weight is 719 g/mol. The van der Waals surface area contributed by atoms with Crippen LogP contribution in [0.5, 0.6) is 0 Å². The van der Waals surface area contributed by atoms with Crippen molar-refractivity contribution in [1.29, 1.82) is 0 Å². The smallest absolute Gasteiger partial charge is 0.137 e. The van der Waals surface area contributed by atoms with Crippen LogP contribution in [-0.4, -0.2) is 19.5 Å². The highest BCUT2D eigenvalue weighted by Crippen LogP contribution is 2.41. The molecule has 0 aliphatic heterocycles. The van der Waals surface area contributed by atoms with Crippen LogP contribution < -0.4 is 0 Å². The van der Waals surface area contributed by atoms with Gasteiger partial charge in [0.05, 0.1) is 28.1 Å². The molecule has 274 valence electrons. The van der Waals surface area contributed by atoms with E-state index < -0.39 is 0 Å². The van der Waals surface area contributed by atoms with Crippen molar-refractivity contribution in [2.24, 2.45) is 0 Å². The fourth-order valence-electron chi connectivity index (χ4n) is 7.75. The normalized spacial score (nSPS) is 12.4. The second kappa shape index (κ2) is 13.8. The molecule has 4 nitrogen and oxygen atoms in total. The van der Waals surface area contributed by atoms with Crippen LogP contribution in [0.3, 0.4) is 0 Å². The lowest BCUT2D eigenvalue weighted by Crippen LogP contribution is -2.21. The second-order valence-electron chi connectivity index (χ2n) is 17.6. The molecule has 4 aromatic heterocycles.